The molecule has 0 aliphatic heterocycles. The van der Waals surface area contributed by atoms with Crippen LogP contribution in [0.4, 0.5) is 26.3 Å². The van der Waals surface area contributed by atoms with Crippen LogP contribution in [-0.4, -0.2) is 39.2 Å². The normalized spacial score (nSPS) is 20.2. The summed E-state index contributed by atoms with van der Waals surface area (Å²) in [5.41, 5.74) is -1.30. The fourth-order valence-electron chi connectivity index (χ4n) is 2.46. The van der Waals surface area contributed by atoms with Gasteiger partial charge in [0, 0.05) is 16.1 Å². The van der Waals surface area contributed by atoms with Gasteiger partial charge in [-0.25, -0.2) is 8.42 Å². The molecule has 11 heteroatoms. The van der Waals surface area contributed by atoms with Gasteiger partial charge in [0.15, 0.2) is 0 Å². The van der Waals surface area contributed by atoms with Crippen LogP contribution in [0.1, 0.15) is 25.7 Å². The summed E-state index contributed by atoms with van der Waals surface area (Å²) in [6, 6.07) is 0. The standard InChI is InChI=1S/C10H13ClF6O3S/c11-21(18,19)6-8(3-1-2-4-8)5-20-7(9(12,13)14)10(15,16)17/h7H,1-6H2. The number of hydrogen-bond donors (Lipinski definition) is 0. The first kappa shape index (κ1) is 18.8. The molecule has 0 amide bonds. The molecule has 0 aromatic rings. The maximum absolute atomic E-state index is 12.4. The number of rotatable bonds is 5. The molecule has 0 bridgehead atoms. The van der Waals surface area contributed by atoms with Crippen molar-refractivity contribution in [3.8, 4) is 0 Å². The SMILES string of the molecule is O=S(=O)(Cl)CC1(COC(C(F)(F)F)C(F)(F)F)CCCC1. The van der Waals surface area contributed by atoms with E-state index in [-0.39, 0.29) is 12.8 Å². The van der Waals surface area contributed by atoms with Crippen LogP contribution in [0, 0.1) is 5.41 Å². The van der Waals surface area contributed by atoms with Crippen molar-refractivity contribution in [2.75, 3.05) is 12.4 Å². The van der Waals surface area contributed by atoms with E-state index in [9.17, 15) is 34.8 Å². The molecule has 1 aliphatic carbocycles. The fourth-order valence-corrected chi connectivity index (χ4v) is 4.25. The first-order valence-corrected chi connectivity index (χ1v) is 8.40. The monoisotopic (exact) mass is 362 g/mol. The predicted molar refractivity (Wildman–Crippen MR) is 62.4 cm³/mol. The van der Waals surface area contributed by atoms with E-state index in [0.29, 0.717) is 12.8 Å². The second-order valence-corrected chi connectivity index (χ2v) is 7.94. The predicted octanol–water partition coefficient (Wildman–Crippen LogP) is 3.63. The van der Waals surface area contributed by atoms with Crippen molar-refractivity contribution < 1.29 is 39.5 Å². The van der Waals surface area contributed by atoms with E-state index in [4.69, 9.17) is 10.7 Å². The molecule has 0 aromatic carbocycles. The van der Waals surface area contributed by atoms with Crippen LogP contribution >= 0.6 is 10.7 Å². The Labute approximate surface area is 122 Å². The van der Waals surface area contributed by atoms with E-state index in [1.807, 2.05) is 0 Å². The summed E-state index contributed by atoms with van der Waals surface area (Å²) in [7, 11) is 1.01. The van der Waals surface area contributed by atoms with Crippen LogP contribution in [0.2, 0.25) is 0 Å². The molecule has 0 heterocycles. The quantitative estimate of drug-likeness (QED) is 0.554. The molecule has 1 rings (SSSR count). The molecular formula is C10H13ClF6O3S. The lowest BCUT2D eigenvalue weighted by molar-refractivity contribution is -0.325. The highest BCUT2D eigenvalue weighted by atomic mass is 35.7. The van der Waals surface area contributed by atoms with Crippen molar-refractivity contribution in [2.24, 2.45) is 5.41 Å². The molecule has 21 heavy (non-hydrogen) atoms. The Morgan fingerprint density at radius 2 is 1.48 bits per heavy atom. The van der Waals surface area contributed by atoms with E-state index >= 15 is 0 Å². The molecule has 0 spiro atoms. The summed E-state index contributed by atoms with van der Waals surface area (Å²) < 4.78 is 100. The Hall–Kier alpha value is -0.220. The minimum Gasteiger partial charge on any atom is -0.360 e. The minimum absolute atomic E-state index is 0.154. The number of hydrogen-bond acceptors (Lipinski definition) is 3. The number of alkyl halides is 6. The minimum atomic E-state index is -5.61. The van der Waals surface area contributed by atoms with E-state index in [1.165, 1.54) is 0 Å². The van der Waals surface area contributed by atoms with Crippen molar-refractivity contribution in [3.63, 3.8) is 0 Å². The van der Waals surface area contributed by atoms with Crippen molar-refractivity contribution in [1.29, 1.82) is 0 Å². The first-order valence-electron chi connectivity index (χ1n) is 5.93. The maximum Gasteiger partial charge on any atom is 0.423 e. The molecule has 0 aromatic heterocycles. The average molecular weight is 363 g/mol. The van der Waals surface area contributed by atoms with Gasteiger partial charge >= 0.3 is 12.4 Å². The second-order valence-electron chi connectivity index (χ2n) is 5.16. The third-order valence-electron chi connectivity index (χ3n) is 3.29. The lowest BCUT2D eigenvalue weighted by Crippen LogP contribution is -2.46. The Balaban J connectivity index is 2.85. The maximum atomic E-state index is 12.4. The molecule has 126 valence electrons. The lowest BCUT2D eigenvalue weighted by Gasteiger charge is -2.31. The van der Waals surface area contributed by atoms with Crippen LogP contribution in [0.25, 0.3) is 0 Å². The van der Waals surface area contributed by atoms with E-state index < -0.39 is 45.3 Å². The molecule has 0 saturated heterocycles. The van der Waals surface area contributed by atoms with E-state index in [1.54, 1.807) is 0 Å². The van der Waals surface area contributed by atoms with E-state index in [0.717, 1.165) is 0 Å². The summed E-state index contributed by atoms with van der Waals surface area (Å²) in [6.45, 7) is -0.956. The Kier molecular flexibility index (Phi) is 5.48. The van der Waals surface area contributed by atoms with Gasteiger partial charge in [-0.3, -0.25) is 0 Å². The smallest absolute Gasteiger partial charge is 0.360 e. The third-order valence-corrected chi connectivity index (χ3v) is 4.58. The highest BCUT2D eigenvalue weighted by molar-refractivity contribution is 8.13. The van der Waals surface area contributed by atoms with Gasteiger partial charge in [-0.2, -0.15) is 26.3 Å². The summed E-state index contributed by atoms with van der Waals surface area (Å²) in [6.07, 6.45) is -13.9. The van der Waals surface area contributed by atoms with Crippen LogP contribution in [0.3, 0.4) is 0 Å². The molecular weight excluding hydrogens is 350 g/mol. The van der Waals surface area contributed by atoms with Gasteiger partial charge < -0.3 is 4.74 Å². The Morgan fingerprint density at radius 1 is 1.05 bits per heavy atom. The van der Waals surface area contributed by atoms with Crippen molar-refractivity contribution in [3.05, 3.63) is 0 Å². The zero-order valence-corrected chi connectivity index (χ0v) is 12.2. The van der Waals surface area contributed by atoms with Crippen LogP contribution in [0.5, 0.6) is 0 Å². The van der Waals surface area contributed by atoms with Gasteiger partial charge in [0.2, 0.25) is 15.2 Å². The van der Waals surface area contributed by atoms with Gasteiger partial charge in [-0.1, -0.05) is 12.8 Å². The van der Waals surface area contributed by atoms with Gasteiger partial charge in [-0.05, 0) is 12.8 Å². The van der Waals surface area contributed by atoms with Gasteiger partial charge in [0.1, 0.15) is 0 Å². The number of ether oxygens (including phenoxy) is 1. The molecule has 0 radical (unpaired) electrons. The largest absolute Gasteiger partial charge is 0.423 e. The molecule has 1 saturated carbocycles. The third kappa shape index (κ3) is 5.82. The number of halogens is 7. The molecule has 3 nitrogen and oxygen atoms in total. The van der Waals surface area contributed by atoms with Gasteiger partial charge in [0.25, 0.3) is 0 Å². The van der Waals surface area contributed by atoms with Gasteiger partial charge in [-0.15, -0.1) is 0 Å². The van der Waals surface area contributed by atoms with Crippen LogP contribution < -0.4 is 0 Å². The second kappa shape index (κ2) is 6.11. The summed E-state index contributed by atoms with van der Waals surface area (Å²) in [5, 5.41) is 0. The zero-order valence-electron chi connectivity index (χ0n) is 10.6. The van der Waals surface area contributed by atoms with Crippen molar-refractivity contribution >= 4 is 19.7 Å². The fraction of sp³-hybridized carbons (Fsp3) is 1.00. The van der Waals surface area contributed by atoms with Crippen molar-refractivity contribution in [2.45, 2.75) is 44.1 Å². The lowest BCUT2D eigenvalue weighted by atomic mass is 9.90. The molecule has 0 atom stereocenters. The average Bonchev–Trinajstić information content (AvgIpc) is 2.59. The molecule has 0 N–H and O–H groups in total. The summed E-state index contributed by atoms with van der Waals surface area (Å²) >= 11 is 0. The zero-order chi connectivity index (χ0) is 16.5. The highest BCUT2D eigenvalue weighted by Crippen LogP contribution is 2.43. The molecule has 1 fully saturated rings. The van der Waals surface area contributed by atoms with Crippen LogP contribution in [-0.2, 0) is 13.8 Å². The topological polar surface area (TPSA) is 43.4 Å². The Bertz CT molecular complexity index is 438. The van der Waals surface area contributed by atoms with E-state index in [2.05, 4.69) is 4.74 Å². The summed E-state index contributed by atoms with van der Waals surface area (Å²) in [5.74, 6) is -0.704. The summed E-state index contributed by atoms with van der Waals surface area (Å²) in [4.78, 5) is 0. The van der Waals surface area contributed by atoms with Crippen LogP contribution in [0.15, 0.2) is 0 Å². The Morgan fingerprint density at radius 3 is 1.81 bits per heavy atom. The van der Waals surface area contributed by atoms with Crippen molar-refractivity contribution in [1.82, 2.24) is 0 Å². The molecule has 0 unspecified atom stereocenters. The van der Waals surface area contributed by atoms with Gasteiger partial charge in [0.05, 0.1) is 12.4 Å². The highest BCUT2D eigenvalue weighted by Gasteiger charge is 2.58. The first-order chi connectivity index (χ1) is 9.25. The molecule has 1 aliphatic rings.